The Balaban J connectivity index is 1.53. The van der Waals surface area contributed by atoms with Gasteiger partial charge in [-0.2, -0.15) is 5.10 Å². The number of aryl methyl sites for hydroxylation is 3. The number of carbonyl (C=O) groups excluding carboxylic acids is 2. The van der Waals surface area contributed by atoms with Crippen molar-refractivity contribution >= 4 is 11.8 Å². The zero-order valence-corrected chi connectivity index (χ0v) is 19.0. The maximum absolute atomic E-state index is 13.6. The number of rotatable bonds is 5. The van der Waals surface area contributed by atoms with E-state index < -0.39 is 0 Å². The molecule has 6 heteroatoms. The van der Waals surface area contributed by atoms with Crippen LogP contribution in [-0.2, 0) is 6.54 Å². The molecule has 0 bridgehead atoms. The van der Waals surface area contributed by atoms with Crippen molar-refractivity contribution in [1.29, 1.82) is 0 Å². The van der Waals surface area contributed by atoms with Crippen molar-refractivity contribution < 1.29 is 9.59 Å². The molecule has 4 rings (SSSR count). The fourth-order valence-electron chi connectivity index (χ4n) is 4.48. The van der Waals surface area contributed by atoms with Gasteiger partial charge in [0.2, 0.25) is 0 Å². The van der Waals surface area contributed by atoms with Crippen molar-refractivity contribution in [3.8, 4) is 11.1 Å². The van der Waals surface area contributed by atoms with Crippen LogP contribution in [0.4, 0.5) is 0 Å². The van der Waals surface area contributed by atoms with E-state index in [9.17, 15) is 9.59 Å². The maximum Gasteiger partial charge on any atom is 0.269 e. The van der Waals surface area contributed by atoms with E-state index in [0.29, 0.717) is 25.3 Å². The third-order valence-electron chi connectivity index (χ3n) is 6.05. The first kappa shape index (κ1) is 21.8. The summed E-state index contributed by atoms with van der Waals surface area (Å²) in [6.07, 6.45) is 1.71. The number of hydrogen-bond acceptors (Lipinski definition) is 3. The van der Waals surface area contributed by atoms with Gasteiger partial charge in [0.15, 0.2) is 0 Å². The number of piperidine rings is 1. The van der Waals surface area contributed by atoms with Gasteiger partial charge >= 0.3 is 0 Å². The number of hydrogen-bond donors (Lipinski definition) is 1. The van der Waals surface area contributed by atoms with Crippen LogP contribution in [-0.4, -0.2) is 45.6 Å². The quantitative estimate of drug-likeness (QED) is 0.659. The Morgan fingerprint density at radius 1 is 1.09 bits per heavy atom. The molecular formula is C26H30N4O2. The molecule has 0 unspecified atom stereocenters. The monoisotopic (exact) mass is 430 g/mol. The summed E-state index contributed by atoms with van der Waals surface area (Å²) in [4.78, 5) is 28.4. The van der Waals surface area contributed by atoms with E-state index in [1.807, 2.05) is 80.3 Å². The van der Waals surface area contributed by atoms with Crippen LogP contribution in [0.5, 0.6) is 0 Å². The molecule has 1 N–H and O–H groups in total. The van der Waals surface area contributed by atoms with Crippen LogP contribution in [0.1, 0.15) is 51.9 Å². The number of carbonyl (C=O) groups is 2. The van der Waals surface area contributed by atoms with Crippen LogP contribution in [0.25, 0.3) is 11.1 Å². The molecule has 3 aromatic rings. The van der Waals surface area contributed by atoms with Crippen molar-refractivity contribution in [1.82, 2.24) is 20.0 Å². The largest absolute Gasteiger partial charge is 0.346 e. The normalized spacial score (nSPS) is 16.1. The van der Waals surface area contributed by atoms with E-state index in [0.717, 1.165) is 40.8 Å². The predicted molar refractivity (Wildman–Crippen MR) is 126 cm³/mol. The molecule has 1 aliphatic heterocycles. The molecule has 1 fully saturated rings. The van der Waals surface area contributed by atoms with Crippen molar-refractivity contribution in [3.63, 3.8) is 0 Å². The molecule has 2 aromatic carbocycles. The fourth-order valence-corrected chi connectivity index (χ4v) is 4.48. The predicted octanol–water partition coefficient (Wildman–Crippen LogP) is 4.22. The first-order valence-corrected chi connectivity index (χ1v) is 11.3. The highest BCUT2D eigenvalue weighted by atomic mass is 16.2. The smallest absolute Gasteiger partial charge is 0.269 e. The van der Waals surface area contributed by atoms with Gasteiger partial charge < -0.3 is 10.2 Å². The molecule has 0 radical (unpaired) electrons. The molecule has 2 heterocycles. The first-order valence-electron chi connectivity index (χ1n) is 11.3. The van der Waals surface area contributed by atoms with Crippen LogP contribution in [0.2, 0.25) is 0 Å². The molecule has 1 saturated heterocycles. The Hall–Kier alpha value is -3.41. The van der Waals surface area contributed by atoms with E-state index >= 15 is 0 Å². The average Bonchev–Trinajstić information content (AvgIpc) is 3.20. The number of nitrogens with one attached hydrogen (secondary N) is 1. The summed E-state index contributed by atoms with van der Waals surface area (Å²) >= 11 is 0. The molecule has 6 nitrogen and oxygen atoms in total. The minimum atomic E-state index is -0.132. The number of benzene rings is 2. The third-order valence-corrected chi connectivity index (χ3v) is 6.05. The topological polar surface area (TPSA) is 67.2 Å². The second-order valence-electron chi connectivity index (χ2n) is 8.41. The van der Waals surface area contributed by atoms with Gasteiger partial charge in [-0.15, -0.1) is 0 Å². The highest BCUT2D eigenvalue weighted by molar-refractivity contribution is 6.02. The summed E-state index contributed by atoms with van der Waals surface area (Å²) in [5.74, 6) is -0.108. The van der Waals surface area contributed by atoms with Crippen LogP contribution in [0, 0.1) is 13.8 Å². The Labute approximate surface area is 189 Å². The molecule has 1 aliphatic rings. The standard InChI is InChI=1S/C26H30N4O2/c1-4-30-23(16-19(3)28-30)25(31)27-21-13-9-15-29(17-21)26(32)24-18(2)10-8-14-22(24)20-11-6-5-7-12-20/h5-8,10-12,14,16,21H,4,9,13,15,17H2,1-3H3,(H,27,31)/t21-/m1/s1. The van der Waals surface area contributed by atoms with Gasteiger partial charge in [0.05, 0.1) is 11.3 Å². The fraction of sp³-hybridized carbons (Fsp3) is 0.346. The van der Waals surface area contributed by atoms with Crippen LogP contribution in [0.15, 0.2) is 54.6 Å². The Bertz CT molecular complexity index is 1120. The molecule has 32 heavy (non-hydrogen) atoms. The highest BCUT2D eigenvalue weighted by Crippen LogP contribution is 2.28. The SMILES string of the molecule is CCn1nc(C)cc1C(=O)N[C@@H]1CCCN(C(=O)c2c(C)cccc2-c2ccccc2)C1. The zero-order valence-electron chi connectivity index (χ0n) is 19.0. The molecule has 0 spiro atoms. The van der Waals surface area contributed by atoms with Gasteiger partial charge in [-0.25, -0.2) is 0 Å². The van der Waals surface area contributed by atoms with E-state index in [1.165, 1.54) is 0 Å². The summed E-state index contributed by atoms with van der Waals surface area (Å²) < 4.78 is 1.72. The number of likely N-dealkylation sites (tertiary alicyclic amines) is 1. The van der Waals surface area contributed by atoms with E-state index in [-0.39, 0.29) is 17.9 Å². The lowest BCUT2D eigenvalue weighted by Gasteiger charge is -2.34. The van der Waals surface area contributed by atoms with Crippen LogP contribution < -0.4 is 5.32 Å². The summed E-state index contributed by atoms with van der Waals surface area (Å²) in [6, 6.07) is 17.7. The molecule has 2 amide bonds. The molecular weight excluding hydrogens is 400 g/mol. The van der Waals surface area contributed by atoms with Crippen molar-refractivity contribution in [3.05, 3.63) is 77.1 Å². The second-order valence-corrected chi connectivity index (χ2v) is 8.41. The average molecular weight is 431 g/mol. The molecule has 1 atom stereocenters. The number of nitrogens with zero attached hydrogens (tertiary/aromatic N) is 3. The number of aromatic nitrogens is 2. The molecule has 0 aliphatic carbocycles. The van der Waals surface area contributed by atoms with Crippen LogP contribution >= 0.6 is 0 Å². The Morgan fingerprint density at radius 2 is 1.88 bits per heavy atom. The lowest BCUT2D eigenvalue weighted by molar-refractivity contribution is 0.0674. The molecule has 0 saturated carbocycles. The van der Waals surface area contributed by atoms with Crippen molar-refractivity contribution in [2.45, 2.75) is 46.2 Å². The maximum atomic E-state index is 13.6. The zero-order chi connectivity index (χ0) is 22.7. The Morgan fingerprint density at radius 3 is 2.62 bits per heavy atom. The summed E-state index contributed by atoms with van der Waals surface area (Å²) in [5.41, 5.74) is 5.08. The molecule has 1 aromatic heterocycles. The summed E-state index contributed by atoms with van der Waals surface area (Å²) in [5, 5.41) is 7.49. The highest BCUT2D eigenvalue weighted by Gasteiger charge is 2.28. The Kier molecular flexibility index (Phi) is 6.40. The van der Waals surface area contributed by atoms with Gasteiger partial charge in [-0.3, -0.25) is 14.3 Å². The lowest BCUT2D eigenvalue weighted by atomic mass is 9.94. The van der Waals surface area contributed by atoms with Gasteiger partial charge in [0.25, 0.3) is 11.8 Å². The first-order chi connectivity index (χ1) is 15.5. The summed E-state index contributed by atoms with van der Waals surface area (Å²) in [6.45, 7) is 7.68. The van der Waals surface area contributed by atoms with E-state index in [4.69, 9.17) is 0 Å². The second kappa shape index (κ2) is 9.39. The van der Waals surface area contributed by atoms with Gasteiger partial charge in [0.1, 0.15) is 5.69 Å². The van der Waals surface area contributed by atoms with E-state index in [2.05, 4.69) is 10.4 Å². The lowest BCUT2D eigenvalue weighted by Crippen LogP contribution is -2.50. The molecule has 166 valence electrons. The van der Waals surface area contributed by atoms with Crippen molar-refractivity contribution in [2.24, 2.45) is 0 Å². The summed E-state index contributed by atoms with van der Waals surface area (Å²) in [7, 11) is 0. The van der Waals surface area contributed by atoms with E-state index in [1.54, 1.807) is 4.68 Å². The minimum absolute atomic E-state index is 0.0235. The van der Waals surface area contributed by atoms with Gasteiger partial charge in [0, 0.05) is 25.7 Å². The number of amides is 2. The third kappa shape index (κ3) is 4.44. The minimum Gasteiger partial charge on any atom is -0.346 e. The van der Waals surface area contributed by atoms with Crippen LogP contribution in [0.3, 0.4) is 0 Å². The van der Waals surface area contributed by atoms with Gasteiger partial charge in [-0.05, 0) is 56.4 Å². The van der Waals surface area contributed by atoms with Gasteiger partial charge in [-0.1, -0.05) is 48.5 Å². The van der Waals surface area contributed by atoms with Crippen molar-refractivity contribution in [2.75, 3.05) is 13.1 Å².